The number of ether oxygens (including phenoxy) is 1. The molecule has 0 aliphatic rings. The minimum absolute atomic E-state index is 0.136. The van der Waals surface area contributed by atoms with Gasteiger partial charge in [-0.1, -0.05) is 34.1 Å². The molecule has 1 unspecified atom stereocenters. The first-order valence-corrected chi connectivity index (χ1v) is 6.19. The summed E-state index contributed by atoms with van der Waals surface area (Å²) in [7, 11) is 1.33. The van der Waals surface area contributed by atoms with Crippen LogP contribution in [0.2, 0.25) is 0 Å². The molecule has 0 spiro atoms. The van der Waals surface area contributed by atoms with Crippen LogP contribution in [0.1, 0.15) is 23.4 Å². The molecule has 3 nitrogen and oxygen atoms in total. The Morgan fingerprint density at radius 2 is 2.12 bits per heavy atom. The number of carbonyl (C=O) groups is 2. The lowest BCUT2D eigenvalue weighted by Crippen LogP contribution is -2.08. The van der Waals surface area contributed by atoms with Crippen LogP contribution in [0.25, 0.3) is 0 Å². The molecular weight excluding hydrogens is 307 g/mol. The van der Waals surface area contributed by atoms with Crippen molar-refractivity contribution in [2.45, 2.75) is 18.7 Å². The van der Waals surface area contributed by atoms with Crippen molar-refractivity contribution in [2.75, 3.05) is 7.11 Å². The van der Waals surface area contributed by atoms with Crippen LogP contribution in [-0.2, 0) is 20.7 Å². The van der Waals surface area contributed by atoms with Gasteiger partial charge in [-0.05, 0) is 18.1 Å². The lowest BCUT2D eigenvalue weighted by molar-refractivity contribution is -0.139. The Bertz CT molecular complexity index is 445. The Morgan fingerprint density at radius 3 is 2.65 bits per heavy atom. The second kappa shape index (κ2) is 6.17. The van der Waals surface area contributed by atoms with E-state index in [9.17, 15) is 9.59 Å². The quantitative estimate of drug-likeness (QED) is 0.633. The Labute approximate surface area is 113 Å². The topological polar surface area (TPSA) is 43.4 Å². The van der Waals surface area contributed by atoms with E-state index in [1.165, 1.54) is 14.0 Å². The van der Waals surface area contributed by atoms with Gasteiger partial charge in [0, 0.05) is 4.47 Å². The van der Waals surface area contributed by atoms with Crippen molar-refractivity contribution < 1.29 is 14.3 Å². The van der Waals surface area contributed by atoms with Crippen molar-refractivity contribution in [1.82, 2.24) is 0 Å². The number of hydrogen-bond donors (Lipinski definition) is 0. The molecule has 0 N–H and O–H groups in total. The van der Waals surface area contributed by atoms with Crippen molar-refractivity contribution in [2.24, 2.45) is 0 Å². The zero-order chi connectivity index (χ0) is 13.0. The molecule has 0 fully saturated rings. The highest BCUT2D eigenvalue weighted by molar-refractivity contribution is 9.10. The van der Waals surface area contributed by atoms with Crippen LogP contribution < -0.4 is 0 Å². The summed E-state index contributed by atoms with van der Waals surface area (Å²) in [6.45, 7) is 1.43. The van der Waals surface area contributed by atoms with Gasteiger partial charge in [0.25, 0.3) is 0 Å². The van der Waals surface area contributed by atoms with Gasteiger partial charge < -0.3 is 4.74 Å². The van der Waals surface area contributed by atoms with E-state index in [0.29, 0.717) is 10.0 Å². The Morgan fingerprint density at radius 1 is 1.47 bits per heavy atom. The average Bonchev–Trinajstić information content (AvgIpc) is 2.30. The largest absolute Gasteiger partial charge is 0.469 e. The molecule has 0 aliphatic heterocycles. The van der Waals surface area contributed by atoms with Gasteiger partial charge in [-0.3, -0.25) is 9.59 Å². The summed E-state index contributed by atoms with van der Waals surface area (Å²) in [4.78, 5) is 22.4. The molecule has 1 atom stereocenters. The summed E-state index contributed by atoms with van der Waals surface area (Å²) in [5, 5.41) is -0.707. The molecule has 17 heavy (non-hydrogen) atoms. The number of esters is 1. The Hall–Kier alpha value is -0.870. The molecule has 92 valence electrons. The molecule has 0 aliphatic carbocycles. The van der Waals surface area contributed by atoms with Crippen molar-refractivity contribution in [3.05, 3.63) is 33.8 Å². The zero-order valence-electron chi connectivity index (χ0n) is 9.50. The summed E-state index contributed by atoms with van der Waals surface area (Å²) in [5.41, 5.74) is 1.42. The van der Waals surface area contributed by atoms with E-state index in [4.69, 9.17) is 11.6 Å². The Kier molecular flexibility index (Phi) is 5.15. The average molecular weight is 320 g/mol. The molecule has 0 saturated carbocycles. The van der Waals surface area contributed by atoms with Gasteiger partial charge in [-0.15, -0.1) is 11.6 Å². The highest BCUT2D eigenvalue weighted by Gasteiger charge is 2.18. The van der Waals surface area contributed by atoms with E-state index in [1.807, 2.05) is 0 Å². The molecule has 0 amide bonds. The third-order valence-corrected chi connectivity index (χ3v) is 3.81. The van der Waals surface area contributed by atoms with E-state index in [1.54, 1.807) is 18.2 Å². The van der Waals surface area contributed by atoms with E-state index in [0.717, 1.165) is 5.56 Å². The van der Waals surface area contributed by atoms with Gasteiger partial charge in [0.15, 0.2) is 5.78 Å². The molecule has 1 rings (SSSR count). The van der Waals surface area contributed by atoms with Gasteiger partial charge in [0.1, 0.15) is 5.38 Å². The first-order valence-electron chi connectivity index (χ1n) is 4.96. The van der Waals surface area contributed by atoms with Gasteiger partial charge >= 0.3 is 5.97 Å². The van der Waals surface area contributed by atoms with E-state index >= 15 is 0 Å². The fourth-order valence-electron chi connectivity index (χ4n) is 1.38. The van der Waals surface area contributed by atoms with Crippen LogP contribution in [0.4, 0.5) is 0 Å². The van der Waals surface area contributed by atoms with Crippen LogP contribution >= 0.6 is 27.5 Å². The van der Waals surface area contributed by atoms with Crippen LogP contribution in [0.5, 0.6) is 0 Å². The number of alkyl halides is 1. The maximum Gasteiger partial charge on any atom is 0.310 e. The summed E-state index contributed by atoms with van der Waals surface area (Å²) in [6.07, 6.45) is 0.145. The standard InChI is InChI=1S/C12H12BrClO3/c1-7(15)12(14)9-5-3-4-8(11(9)13)6-10(16)17-2/h3-5,12H,6H2,1-2H3. The molecule has 0 saturated heterocycles. The van der Waals surface area contributed by atoms with E-state index < -0.39 is 5.38 Å². The fraction of sp³-hybridized carbons (Fsp3) is 0.333. The lowest BCUT2D eigenvalue weighted by Gasteiger charge is -2.12. The monoisotopic (exact) mass is 318 g/mol. The number of rotatable bonds is 4. The van der Waals surface area contributed by atoms with Gasteiger partial charge in [-0.2, -0.15) is 0 Å². The van der Waals surface area contributed by atoms with Crippen LogP contribution in [0.15, 0.2) is 22.7 Å². The second-order valence-electron chi connectivity index (χ2n) is 3.55. The van der Waals surface area contributed by atoms with Crippen molar-refractivity contribution in [1.29, 1.82) is 0 Å². The first kappa shape index (κ1) is 14.2. The maximum absolute atomic E-state index is 11.2. The summed E-state index contributed by atoms with van der Waals surface area (Å²) in [6, 6.07) is 5.30. The lowest BCUT2D eigenvalue weighted by atomic mass is 10.0. The van der Waals surface area contributed by atoms with Crippen molar-refractivity contribution in [3.8, 4) is 0 Å². The number of ketones is 1. The van der Waals surface area contributed by atoms with Gasteiger partial charge in [-0.25, -0.2) is 0 Å². The zero-order valence-corrected chi connectivity index (χ0v) is 11.8. The number of methoxy groups -OCH3 is 1. The highest BCUT2D eigenvalue weighted by Crippen LogP contribution is 2.31. The SMILES string of the molecule is COC(=O)Cc1cccc(C(Cl)C(C)=O)c1Br. The summed E-state index contributed by atoms with van der Waals surface area (Å²) in [5.74, 6) is -0.473. The number of halogens is 2. The minimum Gasteiger partial charge on any atom is -0.469 e. The summed E-state index contributed by atoms with van der Waals surface area (Å²) < 4.78 is 5.28. The maximum atomic E-state index is 11.2. The molecule has 1 aromatic carbocycles. The fourth-order valence-corrected chi connectivity index (χ4v) is 2.33. The number of carbonyl (C=O) groups excluding carboxylic acids is 2. The molecule has 0 bridgehead atoms. The molecule has 0 aromatic heterocycles. The molecule has 0 heterocycles. The number of benzene rings is 1. The smallest absolute Gasteiger partial charge is 0.310 e. The number of hydrogen-bond acceptors (Lipinski definition) is 3. The van der Waals surface area contributed by atoms with Crippen LogP contribution in [-0.4, -0.2) is 18.9 Å². The third kappa shape index (κ3) is 3.54. The highest BCUT2D eigenvalue weighted by atomic mass is 79.9. The molecule has 5 heteroatoms. The van der Waals surface area contributed by atoms with Gasteiger partial charge in [0.2, 0.25) is 0 Å². The molecule has 1 aromatic rings. The van der Waals surface area contributed by atoms with Crippen molar-refractivity contribution in [3.63, 3.8) is 0 Å². The predicted molar refractivity (Wildman–Crippen MR) is 69.1 cm³/mol. The molecule has 0 radical (unpaired) electrons. The van der Waals surface area contributed by atoms with E-state index in [2.05, 4.69) is 20.7 Å². The molecular formula is C12H12BrClO3. The normalized spacial score (nSPS) is 12.0. The second-order valence-corrected chi connectivity index (χ2v) is 4.78. The van der Waals surface area contributed by atoms with Crippen LogP contribution in [0, 0.1) is 0 Å². The predicted octanol–water partition coefficient (Wildman–Crippen LogP) is 3.03. The Balaban J connectivity index is 3.07. The summed E-state index contributed by atoms with van der Waals surface area (Å²) >= 11 is 9.36. The van der Waals surface area contributed by atoms with Gasteiger partial charge in [0.05, 0.1) is 13.5 Å². The van der Waals surface area contributed by atoms with E-state index in [-0.39, 0.29) is 18.2 Å². The van der Waals surface area contributed by atoms with Crippen LogP contribution in [0.3, 0.4) is 0 Å². The first-order chi connectivity index (χ1) is 7.97. The minimum atomic E-state index is -0.707. The number of Topliss-reactive ketones (excluding diaryl/α,β-unsaturated/α-hetero) is 1. The van der Waals surface area contributed by atoms with Crippen molar-refractivity contribution >= 4 is 39.3 Å². The third-order valence-electron chi connectivity index (χ3n) is 2.30.